The number of amides is 2. The molecule has 7 heteroatoms. The maximum atomic E-state index is 12.3. The predicted octanol–water partition coefficient (Wildman–Crippen LogP) is 2.14. The zero-order valence-electron chi connectivity index (χ0n) is 13.6. The summed E-state index contributed by atoms with van der Waals surface area (Å²) in [4.78, 5) is 13.9. The lowest BCUT2D eigenvalue weighted by Crippen LogP contribution is -2.47. The van der Waals surface area contributed by atoms with E-state index in [1.54, 1.807) is 17.0 Å². The van der Waals surface area contributed by atoms with Crippen LogP contribution in [0.1, 0.15) is 25.3 Å². The molecule has 0 spiro atoms. The van der Waals surface area contributed by atoms with E-state index in [0.717, 1.165) is 18.4 Å². The third-order valence-corrected chi connectivity index (χ3v) is 5.25. The lowest BCUT2D eigenvalue weighted by atomic mass is 9.99. The van der Waals surface area contributed by atoms with Gasteiger partial charge in [-0.05, 0) is 38.8 Å². The fourth-order valence-corrected chi connectivity index (χ4v) is 3.60. The van der Waals surface area contributed by atoms with E-state index in [-0.39, 0.29) is 10.8 Å². The quantitative estimate of drug-likeness (QED) is 0.891. The van der Waals surface area contributed by atoms with Gasteiger partial charge >= 0.3 is 6.03 Å². The molecule has 0 saturated carbocycles. The molecule has 1 atom stereocenters. The van der Waals surface area contributed by atoms with Crippen molar-refractivity contribution in [3.63, 3.8) is 0 Å². The zero-order valence-corrected chi connectivity index (χ0v) is 14.4. The summed E-state index contributed by atoms with van der Waals surface area (Å²) in [7, 11) is -3.83. The smallest absolute Gasteiger partial charge is 0.331 e. The largest absolute Gasteiger partial charge is 0.381 e. The van der Waals surface area contributed by atoms with Gasteiger partial charge in [0.1, 0.15) is 0 Å². The van der Waals surface area contributed by atoms with E-state index in [4.69, 9.17) is 4.74 Å². The van der Waals surface area contributed by atoms with Gasteiger partial charge < -0.3 is 9.64 Å². The molecule has 6 nitrogen and oxygen atoms in total. The van der Waals surface area contributed by atoms with E-state index in [1.165, 1.54) is 12.1 Å². The molecule has 2 amide bonds. The molecule has 128 valence electrons. The number of sulfonamides is 1. The number of urea groups is 1. The Kier molecular flexibility index (Phi) is 6.01. The van der Waals surface area contributed by atoms with Crippen molar-refractivity contribution in [3.05, 3.63) is 29.8 Å². The molecule has 0 aromatic heterocycles. The number of nitrogens with one attached hydrogen (secondary N) is 1. The van der Waals surface area contributed by atoms with Crippen LogP contribution in [0.2, 0.25) is 0 Å². The second-order valence-electron chi connectivity index (χ2n) is 5.84. The molecule has 1 N–H and O–H groups in total. The van der Waals surface area contributed by atoms with Crippen LogP contribution in [0.15, 0.2) is 29.2 Å². The number of likely N-dealkylation sites (tertiary alicyclic amines) is 1. The highest BCUT2D eigenvalue weighted by Gasteiger charge is 2.27. The van der Waals surface area contributed by atoms with E-state index < -0.39 is 16.1 Å². The monoisotopic (exact) mass is 340 g/mol. The summed E-state index contributed by atoms with van der Waals surface area (Å²) in [5.41, 5.74) is 0.963. The maximum Gasteiger partial charge on any atom is 0.331 e. The molecule has 1 aromatic rings. The highest BCUT2D eigenvalue weighted by molar-refractivity contribution is 7.90. The summed E-state index contributed by atoms with van der Waals surface area (Å²) in [6, 6.07) is 5.85. The van der Waals surface area contributed by atoms with Gasteiger partial charge in [0.05, 0.1) is 11.5 Å². The summed E-state index contributed by atoms with van der Waals surface area (Å²) in [5, 5.41) is 0. The summed E-state index contributed by atoms with van der Waals surface area (Å²) < 4.78 is 32.1. The summed E-state index contributed by atoms with van der Waals surface area (Å²) in [6.45, 7) is 6.14. The lowest BCUT2D eigenvalue weighted by molar-refractivity contribution is 0.0765. The number of benzene rings is 1. The number of aryl methyl sites for hydroxylation is 1. The number of hydrogen-bond acceptors (Lipinski definition) is 4. The molecule has 2 rings (SSSR count). The minimum absolute atomic E-state index is 0.0966. The average Bonchev–Trinajstić information content (AvgIpc) is 2.53. The van der Waals surface area contributed by atoms with Gasteiger partial charge in [0.15, 0.2) is 0 Å². The Balaban J connectivity index is 1.98. The predicted molar refractivity (Wildman–Crippen MR) is 87.7 cm³/mol. The lowest BCUT2D eigenvalue weighted by Gasteiger charge is -2.32. The fourth-order valence-electron chi connectivity index (χ4n) is 2.63. The normalized spacial score (nSPS) is 18.7. The molecular formula is C16H24N2O4S. The van der Waals surface area contributed by atoms with E-state index >= 15 is 0 Å². The van der Waals surface area contributed by atoms with Crippen LogP contribution in [0, 0.1) is 12.8 Å². The Morgan fingerprint density at radius 2 is 2.04 bits per heavy atom. The molecule has 1 saturated heterocycles. The fraction of sp³-hybridized carbons (Fsp3) is 0.562. The number of ether oxygens (including phenoxy) is 1. The molecule has 0 bridgehead atoms. The second kappa shape index (κ2) is 7.79. The molecule has 0 radical (unpaired) electrons. The number of piperidine rings is 1. The van der Waals surface area contributed by atoms with E-state index in [2.05, 4.69) is 4.72 Å². The van der Waals surface area contributed by atoms with Crippen LogP contribution in [-0.4, -0.2) is 45.7 Å². The van der Waals surface area contributed by atoms with Crippen molar-refractivity contribution in [1.82, 2.24) is 9.62 Å². The maximum absolute atomic E-state index is 12.3. The first-order valence-corrected chi connectivity index (χ1v) is 9.37. The molecule has 1 aromatic carbocycles. The first-order valence-electron chi connectivity index (χ1n) is 7.88. The Morgan fingerprint density at radius 3 is 2.70 bits per heavy atom. The SMILES string of the molecule is CCOCC1CCCN(C(=O)NS(=O)(=O)c2ccc(C)cc2)C1. The Morgan fingerprint density at radius 1 is 1.35 bits per heavy atom. The van der Waals surface area contributed by atoms with Crippen molar-refractivity contribution in [2.75, 3.05) is 26.3 Å². The Hall–Kier alpha value is -1.60. The van der Waals surface area contributed by atoms with Crippen molar-refractivity contribution in [1.29, 1.82) is 0 Å². The molecule has 23 heavy (non-hydrogen) atoms. The van der Waals surface area contributed by atoms with Gasteiger partial charge in [-0.25, -0.2) is 17.9 Å². The first-order chi connectivity index (χ1) is 10.9. The molecule has 1 aliphatic heterocycles. The van der Waals surface area contributed by atoms with Gasteiger partial charge in [-0.15, -0.1) is 0 Å². The molecule has 1 fully saturated rings. The van der Waals surface area contributed by atoms with Gasteiger partial charge in [-0.3, -0.25) is 0 Å². The van der Waals surface area contributed by atoms with Gasteiger partial charge in [0.25, 0.3) is 10.0 Å². The summed E-state index contributed by atoms with van der Waals surface area (Å²) in [6.07, 6.45) is 1.85. The first kappa shape index (κ1) is 17.7. The molecule has 0 aliphatic carbocycles. The Labute approximate surface area is 137 Å². The van der Waals surface area contributed by atoms with Crippen LogP contribution in [0.4, 0.5) is 4.79 Å². The van der Waals surface area contributed by atoms with Gasteiger partial charge in [-0.1, -0.05) is 17.7 Å². The zero-order chi connectivity index (χ0) is 16.9. The van der Waals surface area contributed by atoms with Crippen LogP contribution in [0.25, 0.3) is 0 Å². The summed E-state index contributed by atoms with van der Waals surface area (Å²) >= 11 is 0. The van der Waals surface area contributed by atoms with Crippen LogP contribution in [-0.2, 0) is 14.8 Å². The average molecular weight is 340 g/mol. The van der Waals surface area contributed by atoms with Crippen molar-refractivity contribution in [3.8, 4) is 0 Å². The molecule has 1 aliphatic rings. The van der Waals surface area contributed by atoms with Crippen molar-refractivity contribution >= 4 is 16.1 Å². The van der Waals surface area contributed by atoms with Gasteiger partial charge in [0, 0.05) is 25.6 Å². The number of rotatable bonds is 5. The van der Waals surface area contributed by atoms with Gasteiger partial charge in [0.2, 0.25) is 0 Å². The van der Waals surface area contributed by atoms with Crippen LogP contribution >= 0.6 is 0 Å². The van der Waals surface area contributed by atoms with Crippen molar-refractivity contribution in [2.24, 2.45) is 5.92 Å². The number of carbonyl (C=O) groups excluding carboxylic acids is 1. The van der Waals surface area contributed by atoms with Crippen LogP contribution in [0.3, 0.4) is 0 Å². The van der Waals surface area contributed by atoms with E-state index in [9.17, 15) is 13.2 Å². The van der Waals surface area contributed by atoms with Gasteiger partial charge in [-0.2, -0.15) is 0 Å². The van der Waals surface area contributed by atoms with Crippen molar-refractivity contribution in [2.45, 2.75) is 31.6 Å². The van der Waals surface area contributed by atoms with Crippen LogP contribution < -0.4 is 4.72 Å². The highest BCUT2D eigenvalue weighted by atomic mass is 32.2. The van der Waals surface area contributed by atoms with E-state index in [0.29, 0.717) is 26.3 Å². The topological polar surface area (TPSA) is 75.7 Å². The Bertz CT molecular complexity index is 628. The van der Waals surface area contributed by atoms with E-state index in [1.807, 2.05) is 13.8 Å². The third-order valence-electron chi connectivity index (χ3n) is 3.92. The third kappa shape index (κ3) is 4.94. The molecular weight excluding hydrogens is 316 g/mol. The van der Waals surface area contributed by atoms with Crippen LogP contribution in [0.5, 0.6) is 0 Å². The second-order valence-corrected chi connectivity index (χ2v) is 7.52. The standard InChI is InChI=1S/C16H24N2O4S/c1-3-22-12-14-5-4-10-18(11-14)16(19)17-23(20,21)15-8-6-13(2)7-9-15/h6-9,14H,3-5,10-12H2,1-2H3,(H,17,19). The molecule has 1 unspecified atom stereocenters. The summed E-state index contributed by atoms with van der Waals surface area (Å²) in [5.74, 6) is 0.261. The number of nitrogens with zero attached hydrogens (tertiary/aromatic N) is 1. The van der Waals surface area contributed by atoms with Crippen molar-refractivity contribution < 1.29 is 17.9 Å². The minimum atomic E-state index is -3.83. The minimum Gasteiger partial charge on any atom is -0.381 e. The highest BCUT2D eigenvalue weighted by Crippen LogP contribution is 2.18. The number of carbonyl (C=O) groups is 1. The molecule has 1 heterocycles. The number of hydrogen-bond donors (Lipinski definition) is 1.